The molecule has 2 nitrogen and oxygen atoms in total. The average molecular weight is 189 g/mol. The Morgan fingerprint density at radius 3 is 2.71 bits per heavy atom. The number of hydrogen-bond acceptors (Lipinski definition) is 0. The predicted octanol–water partition coefficient (Wildman–Crippen LogP) is 2.12. The van der Waals surface area contributed by atoms with E-state index in [2.05, 4.69) is 60.6 Å². The van der Waals surface area contributed by atoms with Gasteiger partial charge in [0.25, 0.3) is 0 Å². The van der Waals surface area contributed by atoms with Gasteiger partial charge >= 0.3 is 0 Å². The third kappa shape index (κ3) is 1.52. The lowest BCUT2D eigenvalue weighted by Gasteiger charge is -2.00. The van der Waals surface area contributed by atoms with Crippen molar-refractivity contribution in [2.24, 2.45) is 13.0 Å². The smallest absolute Gasteiger partial charge is 0.233 e. The Morgan fingerprint density at radius 2 is 2.00 bits per heavy atom. The molecule has 0 amide bonds. The molecule has 0 radical (unpaired) electrons. The summed E-state index contributed by atoms with van der Waals surface area (Å²) < 4.78 is 4.50. The van der Waals surface area contributed by atoms with E-state index in [4.69, 9.17) is 0 Å². The van der Waals surface area contributed by atoms with Gasteiger partial charge in [0.1, 0.15) is 0 Å². The first-order valence-electron chi connectivity index (χ1n) is 5.12. The van der Waals surface area contributed by atoms with Crippen molar-refractivity contribution in [1.82, 2.24) is 4.57 Å². The molecule has 2 heteroatoms. The van der Waals surface area contributed by atoms with E-state index in [1.54, 1.807) is 0 Å². The van der Waals surface area contributed by atoms with E-state index >= 15 is 0 Å². The lowest BCUT2D eigenvalue weighted by atomic mass is 10.2. The maximum Gasteiger partial charge on any atom is 0.244 e. The summed E-state index contributed by atoms with van der Waals surface area (Å²) in [5.74, 6) is 0.686. The molecule has 0 aliphatic rings. The van der Waals surface area contributed by atoms with E-state index in [0.717, 1.165) is 6.54 Å². The van der Waals surface area contributed by atoms with Gasteiger partial charge in [0, 0.05) is 0 Å². The second-order valence-corrected chi connectivity index (χ2v) is 4.26. The molecule has 74 valence electrons. The molecular weight excluding hydrogens is 172 g/mol. The zero-order valence-electron chi connectivity index (χ0n) is 9.07. The molecule has 0 bridgehead atoms. The highest BCUT2D eigenvalue weighted by atomic mass is 15.1. The number of rotatable bonds is 2. The average Bonchev–Trinajstić information content (AvgIpc) is 2.44. The first kappa shape index (κ1) is 9.25. The number of para-hydroxylation sites is 2. The van der Waals surface area contributed by atoms with Crippen LogP contribution in [0.3, 0.4) is 0 Å². The van der Waals surface area contributed by atoms with Crippen LogP contribution in [0.2, 0.25) is 0 Å². The van der Waals surface area contributed by atoms with Gasteiger partial charge in [-0.2, -0.15) is 0 Å². The molecule has 1 aromatic carbocycles. The molecule has 1 heterocycles. The normalized spacial score (nSPS) is 11.4. The van der Waals surface area contributed by atoms with Gasteiger partial charge in [-0.3, -0.25) is 0 Å². The zero-order valence-corrected chi connectivity index (χ0v) is 9.07. The Hall–Kier alpha value is -1.31. The fraction of sp³-hybridized carbons (Fsp3) is 0.417. The highest BCUT2D eigenvalue weighted by Crippen LogP contribution is 2.11. The second kappa shape index (κ2) is 3.45. The number of hydrogen-bond donors (Lipinski definition) is 0. The molecule has 1 aromatic heterocycles. The van der Waals surface area contributed by atoms with E-state index in [-0.39, 0.29) is 0 Å². The van der Waals surface area contributed by atoms with Gasteiger partial charge in [0.2, 0.25) is 6.33 Å². The Balaban J connectivity index is 2.55. The molecule has 14 heavy (non-hydrogen) atoms. The molecule has 0 saturated carbocycles. The van der Waals surface area contributed by atoms with E-state index in [0.29, 0.717) is 5.92 Å². The number of aromatic nitrogens is 2. The van der Waals surface area contributed by atoms with Crippen LogP contribution in [0.5, 0.6) is 0 Å². The van der Waals surface area contributed by atoms with Crippen LogP contribution >= 0.6 is 0 Å². The Bertz CT molecular complexity index is 441. The number of imidazole rings is 1. The summed E-state index contributed by atoms with van der Waals surface area (Å²) in [6, 6.07) is 8.52. The topological polar surface area (TPSA) is 8.81 Å². The number of fused-ring (bicyclic) bond motifs is 1. The van der Waals surface area contributed by atoms with Crippen molar-refractivity contribution in [2.45, 2.75) is 20.4 Å². The molecule has 0 spiro atoms. The van der Waals surface area contributed by atoms with Crippen LogP contribution in [0.15, 0.2) is 30.6 Å². The quantitative estimate of drug-likeness (QED) is 0.640. The molecule has 0 unspecified atom stereocenters. The fourth-order valence-corrected chi connectivity index (χ4v) is 1.88. The Kier molecular flexibility index (Phi) is 2.28. The minimum Gasteiger partial charge on any atom is -0.233 e. The van der Waals surface area contributed by atoms with Crippen LogP contribution < -0.4 is 4.57 Å². The molecule has 0 saturated heterocycles. The van der Waals surface area contributed by atoms with Crippen LogP contribution in [0, 0.1) is 5.92 Å². The number of benzene rings is 1. The minimum atomic E-state index is 0.686. The van der Waals surface area contributed by atoms with Crippen molar-refractivity contribution < 1.29 is 4.57 Å². The first-order valence-corrected chi connectivity index (χ1v) is 5.12. The molecule has 0 aliphatic heterocycles. The molecule has 0 atom stereocenters. The molecule has 2 aromatic rings. The van der Waals surface area contributed by atoms with Crippen molar-refractivity contribution in [3.05, 3.63) is 30.6 Å². The van der Waals surface area contributed by atoms with Crippen LogP contribution in [-0.4, -0.2) is 4.57 Å². The minimum absolute atomic E-state index is 0.686. The van der Waals surface area contributed by atoms with Crippen molar-refractivity contribution in [2.75, 3.05) is 0 Å². The monoisotopic (exact) mass is 189 g/mol. The van der Waals surface area contributed by atoms with Gasteiger partial charge in [0.05, 0.1) is 13.6 Å². The van der Waals surface area contributed by atoms with E-state index in [9.17, 15) is 0 Å². The van der Waals surface area contributed by atoms with Gasteiger partial charge in [-0.25, -0.2) is 9.13 Å². The zero-order chi connectivity index (χ0) is 10.1. The summed E-state index contributed by atoms with van der Waals surface area (Å²) in [4.78, 5) is 0. The van der Waals surface area contributed by atoms with Gasteiger partial charge in [0.15, 0.2) is 11.0 Å². The van der Waals surface area contributed by atoms with E-state index in [1.807, 2.05) is 0 Å². The molecular formula is C12H17N2+. The highest BCUT2D eigenvalue weighted by molar-refractivity contribution is 5.71. The lowest BCUT2D eigenvalue weighted by Crippen LogP contribution is -2.25. The number of nitrogens with zero attached hydrogens (tertiary/aromatic N) is 2. The van der Waals surface area contributed by atoms with Crippen LogP contribution in [-0.2, 0) is 13.6 Å². The summed E-state index contributed by atoms with van der Waals surface area (Å²) in [6.45, 7) is 5.57. The van der Waals surface area contributed by atoms with Gasteiger partial charge in [-0.15, -0.1) is 0 Å². The summed E-state index contributed by atoms with van der Waals surface area (Å²) in [7, 11) is 2.10. The third-order valence-corrected chi connectivity index (χ3v) is 2.45. The summed E-state index contributed by atoms with van der Waals surface area (Å²) in [5, 5.41) is 0. The standard InChI is InChI=1S/C12H17N2/c1-10(2)8-14-9-13(3)11-6-4-5-7-12(11)14/h4-7,9-10H,8H2,1-3H3/q+1. The van der Waals surface area contributed by atoms with Crippen molar-refractivity contribution in [3.63, 3.8) is 0 Å². The van der Waals surface area contributed by atoms with E-state index < -0.39 is 0 Å². The molecule has 2 rings (SSSR count). The SMILES string of the molecule is CC(C)Cn1c[n+](C)c2ccccc21. The molecule has 0 N–H and O–H groups in total. The van der Waals surface area contributed by atoms with Crippen LogP contribution in [0.25, 0.3) is 11.0 Å². The maximum absolute atomic E-state index is 2.32. The van der Waals surface area contributed by atoms with Crippen molar-refractivity contribution in [1.29, 1.82) is 0 Å². The first-order chi connectivity index (χ1) is 6.68. The fourth-order valence-electron chi connectivity index (χ4n) is 1.88. The Labute approximate surface area is 84.8 Å². The van der Waals surface area contributed by atoms with Gasteiger partial charge < -0.3 is 0 Å². The molecule has 0 aliphatic carbocycles. The number of aryl methyl sites for hydroxylation is 1. The summed E-state index contributed by atoms with van der Waals surface area (Å²) in [6.07, 6.45) is 2.17. The summed E-state index contributed by atoms with van der Waals surface area (Å²) in [5.41, 5.74) is 2.62. The van der Waals surface area contributed by atoms with Crippen LogP contribution in [0.1, 0.15) is 13.8 Å². The van der Waals surface area contributed by atoms with Crippen molar-refractivity contribution >= 4 is 11.0 Å². The Morgan fingerprint density at radius 1 is 1.29 bits per heavy atom. The highest BCUT2D eigenvalue weighted by Gasteiger charge is 2.12. The van der Waals surface area contributed by atoms with Crippen molar-refractivity contribution in [3.8, 4) is 0 Å². The maximum atomic E-state index is 2.32. The predicted molar refractivity (Wildman–Crippen MR) is 58.0 cm³/mol. The lowest BCUT2D eigenvalue weighted by molar-refractivity contribution is -0.645. The second-order valence-electron chi connectivity index (χ2n) is 4.26. The third-order valence-electron chi connectivity index (χ3n) is 2.45. The van der Waals surface area contributed by atoms with Gasteiger partial charge in [-0.1, -0.05) is 26.0 Å². The summed E-state index contributed by atoms with van der Waals surface area (Å²) >= 11 is 0. The van der Waals surface area contributed by atoms with Gasteiger partial charge in [-0.05, 0) is 18.1 Å². The largest absolute Gasteiger partial charge is 0.244 e. The van der Waals surface area contributed by atoms with Crippen LogP contribution in [0.4, 0.5) is 0 Å². The van der Waals surface area contributed by atoms with E-state index in [1.165, 1.54) is 11.0 Å². The molecule has 0 fully saturated rings.